The van der Waals surface area contributed by atoms with Crippen LogP contribution in [0.15, 0.2) is 18.2 Å². The lowest BCUT2D eigenvalue weighted by molar-refractivity contribution is 0.101. The number of halogens is 1. The number of benzene rings is 1. The van der Waals surface area contributed by atoms with Gasteiger partial charge in [0.2, 0.25) is 0 Å². The van der Waals surface area contributed by atoms with Gasteiger partial charge in [0.15, 0.2) is 0 Å². The number of fused-ring (bicyclic) bond motifs is 3. The van der Waals surface area contributed by atoms with Crippen LogP contribution in [0.25, 0.3) is 10.9 Å². The van der Waals surface area contributed by atoms with Crippen molar-refractivity contribution in [3.63, 3.8) is 0 Å². The second-order valence-corrected chi connectivity index (χ2v) is 7.73. The van der Waals surface area contributed by atoms with Crippen LogP contribution in [0.2, 0.25) is 5.02 Å². The van der Waals surface area contributed by atoms with E-state index >= 15 is 0 Å². The highest BCUT2D eigenvalue weighted by Gasteiger charge is 2.23. The van der Waals surface area contributed by atoms with E-state index in [0.717, 1.165) is 49.4 Å². The van der Waals surface area contributed by atoms with Crippen molar-refractivity contribution in [2.45, 2.75) is 57.3 Å². The normalized spacial score (nSPS) is 21.6. The Kier molecular flexibility index (Phi) is 5.32. The quantitative estimate of drug-likeness (QED) is 0.828. The zero-order valence-corrected chi connectivity index (χ0v) is 15.4. The molecule has 4 nitrogen and oxygen atoms in total. The van der Waals surface area contributed by atoms with Crippen LogP contribution in [-0.2, 0) is 24.1 Å². The van der Waals surface area contributed by atoms with Gasteiger partial charge >= 0.3 is 0 Å². The van der Waals surface area contributed by atoms with Gasteiger partial charge in [-0.25, -0.2) is 0 Å². The molecule has 2 N–H and O–H groups in total. The molecule has 0 unspecified atom stereocenters. The topological polar surface area (TPSA) is 46.4 Å². The molecule has 1 fully saturated rings. The maximum atomic E-state index is 10.6. The molecule has 2 aliphatic rings. The molecule has 0 saturated carbocycles. The standard InChI is InChI=1S/C20H27ClN2O2/c21-18-8-3-7-17-16-6-1-2-9-19(16)23(20(17)18)13-14(24)11-22-12-15-5-4-10-25-15/h3,7-8,14-15,22,24H,1-2,4-6,9-13H2/t14-,15+/m1/s1. The number of aliphatic hydroxyl groups is 1. The third-order valence-corrected chi connectivity index (χ3v) is 5.82. The number of nitrogens with one attached hydrogen (secondary N) is 1. The smallest absolute Gasteiger partial charge is 0.0843 e. The number of aliphatic hydroxyl groups excluding tert-OH is 1. The van der Waals surface area contributed by atoms with Crippen molar-refractivity contribution in [1.29, 1.82) is 0 Å². The number of nitrogens with zero attached hydrogens (tertiary/aromatic N) is 1. The Bertz CT molecular complexity index is 737. The number of hydrogen-bond donors (Lipinski definition) is 2. The zero-order valence-electron chi connectivity index (χ0n) is 14.6. The fourth-order valence-corrected chi connectivity index (χ4v) is 4.62. The molecule has 2 heterocycles. The summed E-state index contributed by atoms with van der Waals surface area (Å²) in [7, 11) is 0. The number of ether oxygens (including phenoxy) is 1. The number of hydrogen-bond acceptors (Lipinski definition) is 3. The fraction of sp³-hybridized carbons (Fsp3) is 0.600. The minimum absolute atomic E-state index is 0.307. The van der Waals surface area contributed by atoms with Gasteiger partial charge in [-0.15, -0.1) is 0 Å². The Morgan fingerprint density at radius 3 is 3.00 bits per heavy atom. The van der Waals surface area contributed by atoms with Gasteiger partial charge in [-0.05, 0) is 50.2 Å². The molecule has 1 saturated heterocycles. The van der Waals surface area contributed by atoms with E-state index in [4.69, 9.17) is 16.3 Å². The van der Waals surface area contributed by atoms with Crippen molar-refractivity contribution >= 4 is 22.5 Å². The number of para-hydroxylation sites is 1. The van der Waals surface area contributed by atoms with Gasteiger partial charge in [-0.3, -0.25) is 0 Å². The van der Waals surface area contributed by atoms with Crippen LogP contribution in [0.3, 0.4) is 0 Å². The summed E-state index contributed by atoms with van der Waals surface area (Å²) in [5.41, 5.74) is 3.89. The molecule has 0 bridgehead atoms. The molecule has 136 valence electrons. The third-order valence-electron chi connectivity index (χ3n) is 5.52. The van der Waals surface area contributed by atoms with Gasteiger partial charge in [-0.1, -0.05) is 23.7 Å². The highest BCUT2D eigenvalue weighted by Crippen LogP contribution is 2.35. The maximum Gasteiger partial charge on any atom is 0.0843 e. The van der Waals surface area contributed by atoms with Crippen LogP contribution in [-0.4, -0.2) is 41.6 Å². The van der Waals surface area contributed by atoms with E-state index in [1.165, 1.54) is 29.5 Å². The van der Waals surface area contributed by atoms with E-state index in [9.17, 15) is 5.11 Å². The highest BCUT2D eigenvalue weighted by atomic mass is 35.5. The number of aryl methyl sites for hydroxylation is 1. The second-order valence-electron chi connectivity index (χ2n) is 7.33. The van der Waals surface area contributed by atoms with Crippen molar-refractivity contribution in [2.75, 3.05) is 19.7 Å². The number of rotatable bonds is 6. The van der Waals surface area contributed by atoms with Crippen LogP contribution >= 0.6 is 11.6 Å². The largest absolute Gasteiger partial charge is 0.390 e. The summed E-state index contributed by atoms with van der Waals surface area (Å²) in [6.07, 6.45) is 6.80. The van der Waals surface area contributed by atoms with Crippen LogP contribution in [0.4, 0.5) is 0 Å². The van der Waals surface area contributed by atoms with Crippen molar-refractivity contribution < 1.29 is 9.84 Å². The molecular weight excluding hydrogens is 336 g/mol. The Morgan fingerprint density at radius 2 is 2.16 bits per heavy atom. The summed E-state index contributed by atoms with van der Waals surface area (Å²) in [6, 6.07) is 6.15. The van der Waals surface area contributed by atoms with E-state index in [1.807, 2.05) is 12.1 Å². The van der Waals surface area contributed by atoms with E-state index in [2.05, 4.69) is 16.0 Å². The van der Waals surface area contributed by atoms with Gasteiger partial charge in [0.05, 0.1) is 29.3 Å². The van der Waals surface area contributed by atoms with E-state index < -0.39 is 6.10 Å². The molecule has 2 atom stereocenters. The number of aromatic nitrogens is 1. The van der Waals surface area contributed by atoms with Crippen LogP contribution < -0.4 is 5.32 Å². The first-order valence-corrected chi connectivity index (χ1v) is 9.90. The molecule has 0 radical (unpaired) electrons. The van der Waals surface area contributed by atoms with Crippen molar-refractivity contribution in [2.24, 2.45) is 0 Å². The maximum absolute atomic E-state index is 10.6. The minimum Gasteiger partial charge on any atom is -0.390 e. The molecule has 5 heteroatoms. The summed E-state index contributed by atoms with van der Waals surface area (Å²) >= 11 is 6.52. The lowest BCUT2D eigenvalue weighted by atomic mass is 9.95. The molecule has 25 heavy (non-hydrogen) atoms. The monoisotopic (exact) mass is 362 g/mol. The lowest BCUT2D eigenvalue weighted by Gasteiger charge is -2.20. The van der Waals surface area contributed by atoms with Crippen molar-refractivity contribution in [1.82, 2.24) is 9.88 Å². The van der Waals surface area contributed by atoms with Gasteiger partial charge < -0.3 is 19.7 Å². The van der Waals surface area contributed by atoms with Gasteiger partial charge in [0.1, 0.15) is 0 Å². The van der Waals surface area contributed by atoms with Crippen LogP contribution in [0.1, 0.15) is 36.9 Å². The first-order valence-electron chi connectivity index (χ1n) is 9.53. The molecular formula is C20H27ClN2O2. The first kappa shape index (κ1) is 17.3. The van der Waals surface area contributed by atoms with Gasteiger partial charge in [0.25, 0.3) is 0 Å². The summed E-state index contributed by atoms with van der Waals surface area (Å²) < 4.78 is 7.89. The van der Waals surface area contributed by atoms with Gasteiger partial charge in [0, 0.05) is 30.8 Å². The molecule has 1 aromatic carbocycles. The zero-order chi connectivity index (χ0) is 17.2. The molecule has 1 aliphatic carbocycles. The second kappa shape index (κ2) is 7.67. The first-order chi connectivity index (χ1) is 12.2. The average Bonchev–Trinajstić information content (AvgIpc) is 3.23. The molecule has 0 spiro atoms. The fourth-order valence-electron chi connectivity index (χ4n) is 4.34. The lowest BCUT2D eigenvalue weighted by Crippen LogP contribution is -2.35. The molecule has 1 aromatic heterocycles. The predicted octanol–water partition coefficient (Wildman–Crippen LogP) is 3.30. The van der Waals surface area contributed by atoms with E-state index in [1.54, 1.807) is 0 Å². The Hall–Kier alpha value is -1.07. The predicted molar refractivity (Wildman–Crippen MR) is 101 cm³/mol. The SMILES string of the molecule is O[C@H](CNC[C@@H]1CCCO1)Cn1c2c(c3cccc(Cl)c31)CCCC2. The average molecular weight is 363 g/mol. The highest BCUT2D eigenvalue weighted by molar-refractivity contribution is 6.35. The Balaban J connectivity index is 1.50. The van der Waals surface area contributed by atoms with Crippen LogP contribution in [0.5, 0.6) is 0 Å². The molecule has 2 aromatic rings. The van der Waals surface area contributed by atoms with Crippen LogP contribution in [0, 0.1) is 0 Å². The third kappa shape index (κ3) is 3.59. The molecule has 1 aliphatic heterocycles. The Labute approximate surface area is 154 Å². The van der Waals surface area contributed by atoms with Crippen molar-refractivity contribution in [3.8, 4) is 0 Å². The summed E-state index contributed by atoms with van der Waals surface area (Å²) in [6.45, 7) is 2.87. The van der Waals surface area contributed by atoms with E-state index in [0.29, 0.717) is 19.2 Å². The van der Waals surface area contributed by atoms with E-state index in [-0.39, 0.29) is 0 Å². The summed E-state index contributed by atoms with van der Waals surface area (Å²) in [5.74, 6) is 0. The van der Waals surface area contributed by atoms with Crippen molar-refractivity contribution in [3.05, 3.63) is 34.5 Å². The molecule has 4 rings (SSSR count). The van der Waals surface area contributed by atoms with Gasteiger partial charge in [-0.2, -0.15) is 0 Å². The minimum atomic E-state index is -0.431. The Morgan fingerprint density at radius 1 is 1.28 bits per heavy atom. The summed E-state index contributed by atoms with van der Waals surface area (Å²) in [4.78, 5) is 0. The summed E-state index contributed by atoms with van der Waals surface area (Å²) in [5, 5.41) is 16.0. The molecule has 0 amide bonds.